The number of carbonyl (C=O) groups is 1. The van der Waals surface area contributed by atoms with Crippen LogP contribution in [0.3, 0.4) is 0 Å². The zero-order chi connectivity index (χ0) is 15.7. The summed E-state index contributed by atoms with van der Waals surface area (Å²) in [6.07, 6.45) is 0.953. The molecule has 0 amide bonds. The molecule has 0 saturated carbocycles. The van der Waals surface area contributed by atoms with Crippen molar-refractivity contribution < 1.29 is 9.53 Å². The Hall–Kier alpha value is -0.390. The van der Waals surface area contributed by atoms with Gasteiger partial charge in [-0.3, -0.25) is 0 Å². The van der Waals surface area contributed by atoms with Gasteiger partial charge in [-0.15, -0.1) is 0 Å². The molecular formula is C15H19BrClNO2S. The van der Waals surface area contributed by atoms with E-state index in [1.807, 2.05) is 18.2 Å². The van der Waals surface area contributed by atoms with E-state index in [1.54, 1.807) is 11.8 Å². The molecule has 2 rings (SSSR count). The van der Waals surface area contributed by atoms with Crippen LogP contribution in [0.5, 0.6) is 0 Å². The Labute approximate surface area is 143 Å². The summed E-state index contributed by atoms with van der Waals surface area (Å²) in [5, 5.41) is 4.06. The maximum absolute atomic E-state index is 12.5. The topological polar surface area (TPSA) is 38.3 Å². The lowest BCUT2D eigenvalue weighted by molar-refractivity contribution is -0.149. The average Bonchev–Trinajstić information content (AvgIpc) is 2.44. The van der Waals surface area contributed by atoms with Crippen molar-refractivity contribution in [1.82, 2.24) is 0 Å². The first kappa shape index (κ1) is 17.0. The molecule has 116 valence electrons. The van der Waals surface area contributed by atoms with Crippen LogP contribution in [0.25, 0.3) is 0 Å². The van der Waals surface area contributed by atoms with Crippen LogP contribution >= 0.6 is 39.3 Å². The smallest absolute Gasteiger partial charge is 0.332 e. The third-order valence-corrected chi connectivity index (χ3v) is 6.50. The number of ether oxygens (including phenoxy) is 1. The van der Waals surface area contributed by atoms with Crippen LogP contribution in [0.4, 0.5) is 5.69 Å². The van der Waals surface area contributed by atoms with Crippen LogP contribution in [0.15, 0.2) is 22.7 Å². The van der Waals surface area contributed by atoms with Crippen LogP contribution in [0.2, 0.25) is 5.02 Å². The fourth-order valence-electron chi connectivity index (χ4n) is 2.55. The first-order valence-corrected chi connectivity index (χ1v) is 9.04. The molecule has 1 aromatic carbocycles. The molecule has 0 spiro atoms. The lowest BCUT2D eigenvalue weighted by Crippen LogP contribution is -2.61. The van der Waals surface area contributed by atoms with Crippen molar-refractivity contribution in [3.8, 4) is 0 Å². The molecule has 0 aliphatic carbocycles. The highest BCUT2D eigenvalue weighted by Crippen LogP contribution is 2.45. The van der Waals surface area contributed by atoms with E-state index in [2.05, 4.69) is 35.1 Å². The highest BCUT2D eigenvalue weighted by atomic mass is 79.9. The molecule has 1 N–H and O–H groups in total. The van der Waals surface area contributed by atoms with Crippen LogP contribution in [0, 0.1) is 5.41 Å². The van der Waals surface area contributed by atoms with Gasteiger partial charge in [-0.2, -0.15) is 11.8 Å². The summed E-state index contributed by atoms with van der Waals surface area (Å²) in [6.45, 7) is 4.23. The number of carbonyl (C=O) groups excluding carboxylic acids is 1. The first-order valence-electron chi connectivity index (χ1n) is 6.72. The van der Waals surface area contributed by atoms with Gasteiger partial charge >= 0.3 is 5.97 Å². The Balaban J connectivity index is 2.41. The van der Waals surface area contributed by atoms with Crippen molar-refractivity contribution in [2.45, 2.75) is 25.8 Å². The molecule has 1 heterocycles. The molecule has 3 nitrogen and oxygen atoms in total. The highest BCUT2D eigenvalue weighted by molar-refractivity contribution is 9.10. The van der Waals surface area contributed by atoms with Crippen molar-refractivity contribution in [1.29, 1.82) is 0 Å². The van der Waals surface area contributed by atoms with Gasteiger partial charge in [0.1, 0.15) is 5.54 Å². The minimum atomic E-state index is -0.738. The van der Waals surface area contributed by atoms with Crippen LogP contribution in [0.1, 0.15) is 20.3 Å². The molecule has 0 bridgehead atoms. The highest BCUT2D eigenvalue weighted by Gasteiger charge is 2.53. The van der Waals surface area contributed by atoms with E-state index in [4.69, 9.17) is 16.3 Å². The third kappa shape index (κ3) is 3.20. The minimum absolute atomic E-state index is 0.197. The SMILES string of the molecule is COC(=O)C1(Nc2ccc(Cl)c(Br)c2)CSCCC1(C)C. The lowest BCUT2D eigenvalue weighted by Gasteiger charge is -2.48. The van der Waals surface area contributed by atoms with Gasteiger partial charge in [-0.05, 0) is 46.3 Å². The molecule has 21 heavy (non-hydrogen) atoms. The van der Waals surface area contributed by atoms with Gasteiger partial charge in [-0.25, -0.2) is 4.79 Å². The number of hydrogen-bond acceptors (Lipinski definition) is 4. The number of rotatable bonds is 3. The normalized spacial score (nSPS) is 24.4. The summed E-state index contributed by atoms with van der Waals surface area (Å²) in [7, 11) is 1.44. The number of benzene rings is 1. The molecule has 1 saturated heterocycles. The van der Waals surface area contributed by atoms with E-state index in [-0.39, 0.29) is 11.4 Å². The number of nitrogens with one attached hydrogen (secondary N) is 1. The third-order valence-electron chi connectivity index (χ3n) is 4.16. The molecule has 1 unspecified atom stereocenters. The molecule has 6 heteroatoms. The van der Waals surface area contributed by atoms with Gasteiger partial charge in [0, 0.05) is 21.3 Å². The molecule has 0 aromatic heterocycles. The van der Waals surface area contributed by atoms with Gasteiger partial charge in [0.2, 0.25) is 0 Å². The Morgan fingerprint density at radius 2 is 2.19 bits per heavy atom. The molecule has 1 aliphatic rings. The lowest BCUT2D eigenvalue weighted by atomic mass is 9.70. The van der Waals surface area contributed by atoms with Crippen molar-refractivity contribution in [2.75, 3.05) is 23.9 Å². The number of hydrogen-bond donors (Lipinski definition) is 1. The van der Waals surface area contributed by atoms with Crippen molar-refractivity contribution in [3.63, 3.8) is 0 Å². The van der Waals surface area contributed by atoms with Gasteiger partial charge in [-0.1, -0.05) is 25.4 Å². The number of methoxy groups -OCH3 is 1. The maximum atomic E-state index is 12.5. The zero-order valence-electron chi connectivity index (χ0n) is 12.3. The van der Waals surface area contributed by atoms with E-state index >= 15 is 0 Å². The number of anilines is 1. The maximum Gasteiger partial charge on any atom is 0.332 e. The monoisotopic (exact) mass is 391 g/mol. The average molecular weight is 393 g/mol. The van der Waals surface area contributed by atoms with Crippen LogP contribution in [-0.2, 0) is 9.53 Å². The minimum Gasteiger partial charge on any atom is -0.467 e. The van der Waals surface area contributed by atoms with E-state index < -0.39 is 5.54 Å². The van der Waals surface area contributed by atoms with E-state index in [9.17, 15) is 4.79 Å². The summed E-state index contributed by atoms with van der Waals surface area (Å²) < 4.78 is 5.90. The van der Waals surface area contributed by atoms with Crippen LogP contribution in [-0.4, -0.2) is 30.1 Å². The van der Waals surface area contributed by atoms with Crippen molar-refractivity contribution >= 4 is 50.9 Å². The first-order chi connectivity index (χ1) is 9.82. The summed E-state index contributed by atoms with van der Waals surface area (Å²) in [4.78, 5) is 12.5. The van der Waals surface area contributed by atoms with E-state index in [1.165, 1.54) is 7.11 Å². The van der Waals surface area contributed by atoms with Crippen molar-refractivity contribution in [2.24, 2.45) is 5.41 Å². The van der Waals surface area contributed by atoms with Gasteiger partial charge in [0.05, 0.1) is 12.1 Å². The molecule has 1 aromatic rings. The molecule has 1 fully saturated rings. The fourth-order valence-corrected chi connectivity index (χ4v) is 4.73. The second kappa shape index (κ2) is 6.39. The Morgan fingerprint density at radius 3 is 2.76 bits per heavy atom. The summed E-state index contributed by atoms with van der Waals surface area (Å²) in [5.74, 6) is 1.52. The Bertz CT molecular complexity index is 552. The molecular weight excluding hydrogens is 374 g/mol. The Morgan fingerprint density at radius 1 is 1.48 bits per heavy atom. The van der Waals surface area contributed by atoms with Crippen molar-refractivity contribution in [3.05, 3.63) is 27.7 Å². The van der Waals surface area contributed by atoms with E-state index in [0.29, 0.717) is 10.8 Å². The van der Waals surface area contributed by atoms with Gasteiger partial charge in [0.15, 0.2) is 0 Å². The molecule has 1 aliphatic heterocycles. The quantitative estimate of drug-likeness (QED) is 0.764. The standard InChI is InChI=1S/C15H19BrClNO2S/c1-14(2)6-7-21-9-15(14,13(19)20-3)18-10-4-5-12(17)11(16)8-10/h4-5,8,18H,6-7,9H2,1-3H3. The fraction of sp³-hybridized carbons (Fsp3) is 0.533. The van der Waals surface area contributed by atoms with Gasteiger partial charge in [0.25, 0.3) is 0 Å². The number of thioether (sulfide) groups is 1. The van der Waals surface area contributed by atoms with E-state index in [0.717, 1.165) is 22.3 Å². The molecule has 0 radical (unpaired) electrons. The second-order valence-corrected chi connectivity index (χ2v) is 8.20. The number of halogens is 2. The summed E-state index contributed by atoms with van der Waals surface area (Å²) in [5.41, 5.74) is -0.0812. The van der Waals surface area contributed by atoms with Crippen LogP contribution < -0.4 is 5.32 Å². The Kier molecular flexibility index (Phi) is 5.16. The number of esters is 1. The van der Waals surface area contributed by atoms with Gasteiger partial charge < -0.3 is 10.1 Å². The summed E-state index contributed by atoms with van der Waals surface area (Å²) >= 11 is 11.2. The largest absolute Gasteiger partial charge is 0.467 e. The zero-order valence-corrected chi connectivity index (χ0v) is 15.5. The predicted octanol–water partition coefficient (Wildman–Crippen LogP) is 4.59. The summed E-state index contributed by atoms with van der Waals surface area (Å²) in [6, 6.07) is 5.58. The second-order valence-electron chi connectivity index (χ2n) is 5.84. The predicted molar refractivity (Wildman–Crippen MR) is 93.2 cm³/mol. The molecule has 1 atom stereocenters.